The van der Waals surface area contributed by atoms with E-state index in [1.165, 1.54) is 23.5 Å². The molecule has 0 unspecified atom stereocenters. The molecule has 2 heterocycles. The molecule has 3 fully saturated rings. The molecule has 37 heavy (non-hydrogen) atoms. The van der Waals surface area contributed by atoms with Gasteiger partial charge in [0.25, 0.3) is 5.91 Å². The van der Waals surface area contributed by atoms with Gasteiger partial charge in [-0.2, -0.15) is 0 Å². The van der Waals surface area contributed by atoms with E-state index in [0.29, 0.717) is 6.54 Å². The summed E-state index contributed by atoms with van der Waals surface area (Å²) >= 11 is 0. The zero-order valence-corrected chi connectivity index (χ0v) is 22.0. The molecule has 10 nitrogen and oxygen atoms in total. The second kappa shape index (κ2) is 11.1. The number of hydrogen-bond acceptors (Lipinski definition) is 6. The molecule has 1 aromatic heterocycles. The number of rotatable bonds is 7. The summed E-state index contributed by atoms with van der Waals surface area (Å²) in [6.45, 7) is 5.97. The largest absolute Gasteiger partial charge is 0.480 e. The third-order valence-corrected chi connectivity index (χ3v) is 8.31. The lowest BCUT2D eigenvalue weighted by Crippen LogP contribution is -2.61. The SMILES string of the molecule is CC(C)(C)[C@H](NC(=O)[C@@H](NC(=O)c1cnccn1)C1CCCCC1)C(=O)N1C[C@H]2CCC[C@H]2[C@@H]1C(=O)O. The van der Waals surface area contributed by atoms with Gasteiger partial charge in [-0.1, -0.05) is 46.5 Å². The number of hydrogen-bond donors (Lipinski definition) is 3. The molecule has 10 heteroatoms. The molecule has 4 rings (SSSR count). The fourth-order valence-electron chi connectivity index (χ4n) is 6.39. The Bertz CT molecular complexity index is 1000. The quantitative estimate of drug-likeness (QED) is 0.508. The molecule has 1 aliphatic heterocycles. The van der Waals surface area contributed by atoms with E-state index in [-0.39, 0.29) is 29.4 Å². The van der Waals surface area contributed by atoms with Crippen LogP contribution in [0.15, 0.2) is 18.6 Å². The maximum atomic E-state index is 13.9. The van der Waals surface area contributed by atoms with Crippen molar-refractivity contribution >= 4 is 23.7 Å². The minimum absolute atomic E-state index is 0.0426. The number of aliphatic carboxylic acids is 1. The zero-order chi connectivity index (χ0) is 26.7. The van der Waals surface area contributed by atoms with Crippen LogP contribution in [0, 0.1) is 23.2 Å². The van der Waals surface area contributed by atoms with Gasteiger partial charge in [-0.15, -0.1) is 0 Å². The Kier molecular flexibility index (Phi) is 8.14. The highest BCUT2D eigenvalue weighted by Gasteiger charge is 2.52. The minimum Gasteiger partial charge on any atom is -0.480 e. The van der Waals surface area contributed by atoms with Crippen molar-refractivity contribution < 1.29 is 24.3 Å². The van der Waals surface area contributed by atoms with Crippen molar-refractivity contribution in [1.82, 2.24) is 25.5 Å². The van der Waals surface area contributed by atoms with Gasteiger partial charge in [-0.05, 0) is 48.9 Å². The highest BCUT2D eigenvalue weighted by molar-refractivity contribution is 5.97. The summed E-state index contributed by atoms with van der Waals surface area (Å²) in [5, 5.41) is 15.8. The number of carbonyl (C=O) groups excluding carboxylic acids is 3. The third-order valence-electron chi connectivity index (χ3n) is 8.31. The van der Waals surface area contributed by atoms with Crippen LogP contribution in [-0.2, 0) is 14.4 Å². The first-order chi connectivity index (χ1) is 17.6. The van der Waals surface area contributed by atoms with E-state index in [4.69, 9.17) is 0 Å². The first-order valence-electron chi connectivity index (χ1n) is 13.5. The highest BCUT2D eigenvalue weighted by Crippen LogP contribution is 2.43. The van der Waals surface area contributed by atoms with Gasteiger partial charge in [0.1, 0.15) is 23.8 Å². The van der Waals surface area contributed by atoms with Crippen molar-refractivity contribution in [3.8, 4) is 0 Å². The Balaban J connectivity index is 1.56. The molecule has 5 atom stereocenters. The Morgan fingerprint density at radius 2 is 1.73 bits per heavy atom. The van der Waals surface area contributed by atoms with Crippen LogP contribution in [-0.4, -0.2) is 68.3 Å². The molecule has 202 valence electrons. The molecule has 3 amide bonds. The molecular formula is C27H39N5O5. The summed E-state index contributed by atoms with van der Waals surface area (Å²) in [5.41, 5.74) is -0.549. The van der Waals surface area contributed by atoms with Crippen molar-refractivity contribution in [2.75, 3.05) is 6.54 Å². The van der Waals surface area contributed by atoms with Crippen LogP contribution in [0.3, 0.4) is 0 Å². The predicted octanol–water partition coefficient (Wildman–Crippen LogP) is 2.40. The summed E-state index contributed by atoms with van der Waals surface area (Å²) < 4.78 is 0. The van der Waals surface area contributed by atoms with Crippen LogP contribution in [0.25, 0.3) is 0 Å². The lowest BCUT2D eigenvalue weighted by molar-refractivity contribution is -0.152. The summed E-state index contributed by atoms with van der Waals surface area (Å²) in [6.07, 6.45) is 11.5. The molecule has 0 spiro atoms. The molecule has 2 saturated carbocycles. The number of nitrogens with zero attached hydrogens (tertiary/aromatic N) is 3. The van der Waals surface area contributed by atoms with Gasteiger partial charge in [0.15, 0.2) is 0 Å². The first-order valence-corrected chi connectivity index (χ1v) is 13.5. The number of carboxylic acids is 1. The van der Waals surface area contributed by atoms with Crippen molar-refractivity contribution in [1.29, 1.82) is 0 Å². The molecule has 2 aliphatic carbocycles. The molecule has 1 saturated heterocycles. The van der Waals surface area contributed by atoms with E-state index in [1.54, 1.807) is 0 Å². The van der Waals surface area contributed by atoms with E-state index >= 15 is 0 Å². The molecular weight excluding hydrogens is 474 g/mol. The predicted molar refractivity (Wildman–Crippen MR) is 135 cm³/mol. The summed E-state index contributed by atoms with van der Waals surface area (Å²) in [6, 6.07) is -2.63. The van der Waals surface area contributed by atoms with Crippen LogP contribution in [0.1, 0.15) is 82.6 Å². The smallest absolute Gasteiger partial charge is 0.326 e. The fraction of sp³-hybridized carbons (Fsp3) is 0.704. The van der Waals surface area contributed by atoms with Gasteiger partial charge in [0, 0.05) is 18.9 Å². The second-order valence-corrected chi connectivity index (χ2v) is 11.9. The monoisotopic (exact) mass is 513 g/mol. The number of amides is 3. The van der Waals surface area contributed by atoms with E-state index in [0.717, 1.165) is 51.4 Å². The normalized spacial score (nSPS) is 25.7. The zero-order valence-electron chi connectivity index (χ0n) is 22.0. The molecule has 3 aliphatic rings. The number of aromatic nitrogens is 2. The standard InChI is InChI=1S/C27H39N5O5/c1-27(2,3)22(25(35)32-15-17-10-7-11-18(17)21(32)26(36)37)31-24(34)20(16-8-5-4-6-9-16)30-23(33)19-14-28-12-13-29-19/h12-14,16-18,20-22H,4-11,15H2,1-3H3,(H,30,33)(H,31,34)(H,36,37)/t17-,18-,20+,21-,22-/m1/s1. The van der Waals surface area contributed by atoms with Crippen LogP contribution in [0.4, 0.5) is 0 Å². The maximum absolute atomic E-state index is 13.9. The molecule has 0 aromatic carbocycles. The summed E-state index contributed by atoms with van der Waals surface area (Å²) in [5.74, 6) is -2.20. The van der Waals surface area contributed by atoms with Crippen LogP contribution >= 0.6 is 0 Å². The third kappa shape index (κ3) is 5.93. The van der Waals surface area contributed by atoms with Crippen LogP contribution in [0.2, 0.25) is 0 Å². The number of fused-ring (bicyclic) bond motifs is 1. The molecule has 0 bridgehead atoms. The Morgan fingerprint density at radius 1 is 1.00 bits per heavy atom. The first kappa shape index (κ1) is 27.0. The second-order valence-electron chi connectivity index (χ2n) is 11.9. The van der Waals surface area contributed by atoms with Crippen molar-refractivity contribution in [3.05, 3.63) is 24.3 Å². The molecule has 1 aromatic rings. The average Bonchev–Trinajstić information content (AvgIpc) is 3.47. The number of carbonyl (C=O) groups is 4. The van der Waals surface area contributed by atoms with Gasteiger partial charge in [0.05, 0.1) is 6.20 Å². The van der Waals surface area contributed by atoms with Gasteiger partial charge in [0.2, 0.25) is 11.8 Å². The number of nitrogens with one attached hydrogen (secondary N) is 2. The lowest BCUT2D eigenvalue weighted by atomic mass is 9.82. The van der Waals surface area contributed by atoms with Crippen LogP contribution in [0.5, 0.6) is 0 Å². The lowest BCUT2D eigenvalue weighted by Gasteiger charge is -2.37. The van der Waals surface area contributed by atoms with Crippen molar-refractivity contribution in [3.63, 3.8) is 0 Å². The van der Waals surface area contributed by atoms with Gasteiger partial charge in [-0.25, -0.2) is 9.78 Å². The molecule has 3 N–H and O–H groups in total. The summed E-state index contributed by atoms with van der Waals surface area (Å²) in [4.78, 5) is 62.2. The Hall–Kier alpha value is -3.04. The van der Waals surface area contributed by atoms with Crippen molar-refractivity contribution in [2.45, 2.75) is 90.3 Å². The van der Waals surface area contributed by atoms with Gasteiger partial charge >= 0.3 is 5.97 Å². The summed E-state index contributed by atoms with van der Waals surface area (Å²) in [7, 11) is 0. The fourth-order valence-corrected chi connectivity index (χ4v) is 6.39. The minimum atomic E-state index is -0.988. The number of carboxylic acid groups (broad SMARTS) is 1. The van der Waals surface area contributed by atoms with E-state index < -0.39 is 41.3 Å². The molecule has 0 radical (unpaired) electrons. The Morgan fingerprint density at radius 3 is 2.35 bits per heavy atom. The van der Waals surface area contributed by atoms with E-state index in [1.807, 2.05) is 20.8 Å². The highest BCUT2D eigenvalue weighted by atomic mass is 16.4. The number of likely N-dealkylation sites (tertiary alicyclic amines) is 1. The Labute approximate surface area is 218 Å². The van der Waals surface area contributed by atoms with E-state index in [2.05, 4.69) is 20.6 Å². The van der Waals surface area contributed by atoms with Crippen LogP contribution < -0.4 is 10.6 Å². The van der Waals surface area contributed by atoms with Crippen molar-refractivity contribution in [2.24, 2.45) is 23.2 Å². The van der Waals surface area contributed by atoms with Gasteiger partial charge in [-0.3, -0.25) is 19.4 Å². The maximum Gasteiger partial charge on any atom is 0.326 e. The topological polar surface area (TPSA) is 142 Å². The average molecular weight is 514 g/mol. The van der Waals surface area contributed by atoms with E-state index in [9.17, 15) is 24.3 Å². The van der Waals surface area contributed by atoms with Gasteiger partial charge < -0.3 is 20.6 Å².